The molecule has 0 spiro atoms. The number of carbonyl (C=O) groups excluding carboxylic acids is 2. The molecular weight excluding hydrogens is 194 g/mol. The summed E-state index contributed by atoms with van der Waals surface area (Å²) in [5.41, 5.74) is 0. The average Bonchev–Trinajstić information content (AvgIpc) is 2.09. The molecule has 1 heterocycles. The molecule has 76 valence electrons. The number of piperidine rings is 1. The van der Waals surface area contributed by atoms with Crippen LogP contribution in [0.5, 0.6) is 0 Å². The van der Waals surface area contributed by atoms with Gasteiger partial charge in [0.25, 0.3) is 6.47 Å². The molecule has 1 fully saturated rings. The van der Waals surface area contributed by atoms with E-state index in [9.17, 15) is 9.59 Å². The first-order valence-corrected chi connectivity index (χ1v) is 4.13. The van der Waals surface area contributed by atoms with Crippen LogP contribution in [0.15, 0.2) is 0 Å². The molecule has 0 aliphatic carbocycles. The van der Waals surface area contributed by atoms with Gasteiger partial charge >= 0.3 is 0 Å². The van der Waals surface area contributed by atoms with E-state index in [-0.39, 0.29) is 24.1 Å². The molecule has 0 saturated carbocycles. The minimum absolute atomic E-state index is 0. The number of hydrogen-bond acceptors (Lipinski definition) is 4. The molecule has 0 aromatic rings. The van der Waals surface area contributed by atoms with Crippen LogP contribution in [0, 0.1) is 5.92 Å². The first kappa shape index (κ1) is 12.4. The smallest absolute Gasteiger partial charge is 0.293 e. The van der Waals surface area contributed by atoms with Crippen molar-refractivity contribution in [1.82, 2.24) is 5.32 Å². The Balaban J connectivity index is 0.00000144. The number of nitrogens with one attached hydrogen (secondary N) is 1. The van der Waals surface area contributed by atoms with Crippen LogP contribution in [0.2, 0.25) is 0 Å². The van der Waals surface area contributed by atoms with Gasteiger partial charge in [-0.1, -0.05) is 0 Å². The molecule has 5 heteroatoms. The van der Waals surface area contributed by atoms with Gasteiger partial charge in [-0.3, -0.25) is 9.59 Å². The monoisotopic (exact) mass is 207 g/mol. The summed E-state index contributed by atoms with van der Waals surface area (Å²) < 4.78 is 4.52. The van der Waals surface area contributed by atoms with Gasteiger partial charge in [0.2, 0.25) is 0 Å². The lowest BCUT2D eigenvalue weighted by Gasteiger charge is -2.20. The molecule has 0 aromatic heterocycles. The van der Waals surface area contributed by atoms with Gasteiger partial charge in [0.05, 0.1) is 6.61 Å². The summed E-state index contributed by atoms with van der Waals surface area (Å²) in [6.07, 6.45) is 1.25. The largest absolute Gasteiger partial charge is 0.468 e. The molecule has 1 atom stereocenters. The fourth-order valence-electron chi connectivity index (χ4n) is 1.33. The molecule has 1 saturated heterocycles. The lowest BCUT2D eigenvalue weighted by atomic mass is 9.95. The van der Waals surface area contributed by atoms with Crippen molar-refractivity contribution >= 4 is 24.7 Å². The van der Waals surface area contributed by atoms with E-state index in [4.69, 9.17) is 0 Å². The van der Waals surface area contributed by atoms with Gasteiger partial charge in [-0.05, 0) is 6.42 Å². The highest BCUT2D eigenvalue weighted by molar-refractivity contribution is 5.85. The molecule has 0 radical (unpaired) electrons. The van der Waals surface area contributed by atoms with Crippen LogP contribution < -0.4 is 5.32 Å². The van der Waals surface area contributed by atoms with E-state index >= 15 is 0 Å². The molecule has 1 aliphatic heterocycles. The zero-order valence-electron chi connectivity index (χ0n) is 7.32. The maximum atomic E-state index is 11.2. The predicted molar refractivity (Wildman–Crippen MR) is 49.9 cm³/mol. The SMILES string of the molecule is Cl.O=COCCC1CNCCC1=O. The Labute approximate surface area is 83.4 Å². The molecule has 13 heavy (non-hydrogen) atoms. The second-order valence-corrected chi connectivity index (χ2v) is 2.87. The molecule has 1 rings (SSSR count). The standard InChI is InChI=1S/C8H13NO3.ClH/c10-6-12-4-2-7-5-9-3-1-8(7)11;/h6-7,9H,1-5H2;1H. The fourth-order valence-corrected chi connectivity index (χ4v) is 1.33. The third-order valence-electron chi connectivity index (χ3n) is 2.05. The van der Waals surface area contributed by atoms with Gasteiger partial charge in [0.1, 0.15) is 5.78 Å². The normalized spacial score (nSPS) is 21.8. The van der Waals surface area contributed by atoms with Crippen molar-refractivity contribution in [2.45, 2.75) is 12.8 Å². The summed E-state index contributed by atoms with van der Waals surface area (Å²) >= 11 is 0. The van der Waals surface area contributed by atoms with Crippen molar-refractivity contribution in [2.75, 3.05) is 19.7 Å². The van der Waals surface area contributed by atoms with Gasteiger partial charge < -0.3 is 10.1 Å². The van der Waals surface area contributed by atoms with Gasteiger partial charge in [-0.15, -0.1) is 12.4 Å². The van der Waals surface area contributed by atoms with E-state index in [1.807, 2.05) is 0 Å². The highest BCUT2D eigenvalue weighted by Crippen LogP contribution is 2.09. The minimum atomic E-state index is 0. The molecule has 1 unspecified atom stereocenters. The predicted octanol–water partition coefficient (Wildman–Crippen LogP) is 0.150. The van der Waals surface area contributed by atoms with E-state index in [2.05, 4.69) is 10.1 Å². The minimum Gasteiger partial charge on any atom is -0.468 e. The Morgan fingerprint density at radius 2 is 2.38 bits per heavy atom. The van der Waals surface area contributed by atoms with E-state index in [0.717, 1.165) is 13.1 Å². The van der Waals surface area contributed by atoms with Crippen LogP contribution in [0.25, 0.3) is 0 Å². The van der Waals surface area contributed by atoms with Crippen LogP contribution >= 0.6 is 12.4 Å². The van der Waals surface area contributed by atoms with Crippen molar-refractivity contribution < 1.29 is 14.3 Å². The van der Waals surface area contributed by atoms with Gasteiger partial charge in [0, 0.05) is 25.4 Å². The number of ether oxygens (including phenoxy) is 1. The summed E-state index contributed by atoms with van der Waals surface area (Å²) in [7, 11) is 0. The van der Waals surface area contributed by atoms with Crippen molar-refractivity contribution in [3.8, 4) is 0 Å². The van der Waals surface area contributed by atoms with Crippen molar-refractivity contribution in [2.24, 2.45) is 5.92 Å². The summed E-state index contributed by atoms with van der Waals surface area (Å²) in [6, 6.07) is 0. The number of rotatable bonds is 4. The summed E-state index contributed by atoms with van der Waals surface area (Å²) in [5.74, 6) is 0.321. The van der Waals surface area contributed by atoms with E-state index in [1.54, 1.807) is 0 Å². The van der Waals surface area contributed by atoms with E-state index in [1.165, 1.54) is 0 Å². The average molecular weight is 208 g/mol. The highest BCUT2D eigenvalue weighted by atomic mass is 35.5. The maximum absolute atomic E-state index is 11.2. The summed E-state index contributed by atoms with van der Waals surface area (Å²) in [5, 5.41) is 3.13. The lowest BCUT2D eigenvalue weighted by Crippen LogP contribution is -2.37. The number of Topliss-reactive ketones (excluding diaryl/α,β-unsaturated/α-hetero) is 1. The molecule has 1 N–H and O–H groups in total. The number of hydrogen-bond donors (Lipinski definition) is 1. The quantitative estimate of drug-likeness (QED) is 0.527. The van der Waals surface area contributed by atoms with Crippen LogP contribution in [0.4, 0.5) is 0 Å². The second-order valence-electron chi connectivity index (χ2n) is 2.87. The maximum Gasteiger partial charge on any atom is 0.293 e. The zero-order chi connectivity index (χ0) is 8.81. The van der Waals surface area contributed by atoms with Crippen molar-refractivity contribution in [3.63, 3.8) is 0 Å². The molecule has 0 bridgehead atoms. The van der Waals surface area contributed by atoms with Crippen LogP contribution in [-0.2, 0) is 14.3 Å². The molecular formula is C8H14ClNO3. The first-order chi connectivity index (χ1) is 5.84. The Hall–Kier alpha value is -0.610. The Morgan fingerprint density at radius 1 is 1.62 bits per heavy atom. The Kier molecular flexibility index (Phi) is 6.54. The second kappa shape index (κ2) is 6.86. The third kappa shape index (κ3) is 4.24. The number of halogens is 1. The van der Waals surface area contributed by atoms with Gasteiger partial charge in [0.15, 0.2) is 0 Å². The summed E-state index contributed by atoms with van der Waals surface area (Å²) in [6.45, 7) is 2.27. The Morgan fingerprint density at radius 3 is 3.00 bits per heavy atom. The van der Waals surface area contributed by atoms with Crippen molar-refractivity contribution in [1.29, 1.82) is 0 Å². The van der Waals surface area contributed by atoms with E-state index in [0.29, 0.717) is 25.9 Å². The molecule has 4 nitrogen and oxygen atoms in total. The lowest BCUT2D eigenvalue weighted by molar-refractivity contribution is -0.131. The number of carbonyl (C=O) groups is 2. The van der Waals surface area contributed by atoms with Crippen LogP contribution in [0.3, 0.4) is 0 Å². The fraction of sp³-hybridized carbons (Fsp3) is 0.750. The Bertz CT molecular complexity index is 175. The van der Waals surface area contributed by atoms with Crippen molar-refractivity contribution in [3.05, 3.63) is 0 Å². The molecule has 0 aromatic carbocycles. The third-order valence-corrected chi connectivity index (χ3v) is 2.05. The van der Waals surface area contributed by atoms with Crippen LogP contribution in [-0.4, -0.2) is 32.0 Å². The molecule has 0 amide bonds. The van der Waals surface area contributed by atoms with E-state index < -0.39 is 0 Å². The highest BCUT2D eigenvalue weighted by Gasteiger charge is 2.21. The van der Waals surface area contributed by atoms with Crippen LogP contribution in [0.1, 0.15) is 12.8 Å². The first-order valence-electron chi connectivity index (χ1n) is 4.13. The van der Waals surface area contributed by atoms with Gasteiger partial charge in [-0.2, -0.15) is 0 Å². The topological polar surface area (TPSA) is 55.4 Å². The van der Waals surface area contributed by atoms with Gasteiger partial charge in [-0.25, -0.2) is 0 Å². The zero-order valence-corrected chi connectivity index (χ0v) is 8.14. The summed E-state index contributed by atoms with van der Waals surface area (Å²) in [4.78, 5) is 21.0. The molecule has 1 aliphatic rings. The number of ketones is 1.